The molecule has 1 N–H and O–H groups in total. The van der Waals surface area contributed by atoms with E-state index in [1.165, 1.54) is 17.4 Å². The molecule has 0 bridgehead atoms. The number of amides is 1. The number of thiazole rings is 1. The second kappa shape index (κ2) is 6.67. The fourth-order valence-electron chi connectivity index (χ4n) is 2.97. The summed E-state index contributed by atoms with van der Waals surface area (Å²) in [5.41, 5.74) is 0.613. The van der Waals surface area contributed by atoms with Crippen LogP contribution in [-0.4, -0.2) is 24.0 Å². The summed E-state index contributed by atoms with van der Waals surface area (Å²) in [6.45, 7) is 5.04. The molecule has 3 rings (SSSR count). The summed E-state index contributed by atoms with van der Waals surface area (Å²) >= 11 is 1.23. The number of nitrogens with zero attached hydrogens (tertiary/aromatic N) is 2. The van der Waals surface area contributed by atoms with E-state index in [9.17, 15) is 18.0 Å². The molecule has 1 aromatic carbocycles. The third-order valence-electron chi connectivity index (χ3n) is 4.13. The second-order valence-corrected chi connectivity index (χ2v) is 7.23. The van der Waals surface area contributed by atoms with Gasteiger partial charge in [-0.15, -0.1) is 11.3 Å². The molecule has 0 saturated carbocycles. The Morgan fingerprint density at radius 1 is 1.24 bits per heavy atom. The lowest BCUT2D eigenvalue weighted by Gasteiger charge is -2.22. The molecule has 0 aliphatic carbocycles. The van der Waals surface area contributed by atoms with E-state index in [2.05, 4.69) is 10.3 Å². The molecule has 1 fully saturated rings. The van der Waals surface area contributed by atoms with Crippen LogP contribution in [0.1, 0.15) is 38.8 Å². The third-order valence-corrected chi connectivity index (χ3v) is 5.20. The number of halogens is 3. The van der Waals surface area contributed by atoms with E-state index in [4.69, 9.17) is 0 Å². The summed E-state index contributed by atoms with van der Waals surface area (Å²) in [5, 5.41) is 3.40. The quantitative estimate of drug-likeness (QED) is 0.858. The maximum Gasteiger partial charge on any atom is 0.416 e. The van der Waals surface area contributed by atoms with Crippen LogP contribution in [-0.2, 0) is 6.18 Å². The summed E-state index contributed by atoms with van der Waals surface area (Å²) in [6, 6.07) is 3.51. The van der Waals surface area contributed by atoms with Crippen LogP contribution in [0.5, 0.6) is 0 Å². The maximum absolute atomic E-state index is 13.1. The molecule has 134 valence electrons. The molecule has 8 heteroatoms. The third kappa shape index (κ3) is 3.78. The van der Waals surface area contributed by atoms with Crippen molar-refractivity contribution < 1.29 is 18.0 Å². The standard InChI is InChI=1S/C17H18F3N3OS/c1-10-15(25-11(2)21-10)16(24)22-13-9-12(17(18,19)20)5-6-14(13)23-7-3-4-8-23/h5-6,9H,3-4,7-8H2,1-2H3,(H,22,24). The second-order valence-electron chi connectivity index (χ2n) is 6.03. The Kier molecular flexibility index (Phi) is 4.73. The Hall–Kier alpha value is -2.09. The van der Waals surface area contributed by atoms with Crippen molar-refractivity contribution >= 4 is 28.6 Å². The number of benzene rings is 1. The first-order chi connectivity index (χ1) is 11.8. The predicted octanol–water partition coefficient (Wildman–Crippen LogP) is 4.63. The van der Waals surface area contributed by atoms with Crippen LogP contribution >= 0.6 is 11.3 Å². The monoisotopic (exact) mass is 369 g/mol. The first-order valence-electron chi connectivity index (χ1n) is 7.97. The van der Waals surface area contributed by atoms with Gasteiger partial charge in [-0.1, -0.05) is 0 Å². The van der Waals surface area contributed by atoms with Crippen LogP contribution in [0.4, 0.5) is 24.5 Å². The summed E-state index contributed by atoms with van der Waals surface area (Å²) in [7, 11) is 0. The van der Waals surface area contributed by atoms with Crippen molar-refractivity contribution in [1.82, 2.24) is 4.98 Å². The van der Waals surface area contributed by atoms with Crippen LogP contribution < -0.4 is 10.2 Å². The minimum absolute atomic E-state index is 0.187. The molecule has 2 heterocycles. The van der Waals surface area contributed by atoms with Crippen molar-refractivity contribution in [3.8, 4) is 0 Å². The Balaban J connectivity index is 1.96. The van der Waals surface area contributed by atoms with Gasteiger partial charge in [0.2, 0.25) is 0 Å². The lowest BCUT2D eigenvalue weighted by molar-refractivity contribution is -0.137. The Bertz CT molecular complexity index is 795. The minimum Gasteiger partial charge on any atom is -0.370 e. The molecule has 1 aromatic heterocycles. The molecule has 1 saturated heterocycles. The van der Waals surface area contributed by atoms with Crippen molar-refractivity contribution in [3.05, 3.63) is 39.3 Å². The van der Waals surface area contributed by atoms with Crippen LogP contribution in [0.2, 0.25) is 0 Å². The van der Waals surface area contributed by atoms with Crippen LogP contribution in [0.3, 0.4) is 0 Å². The van der Waals surface area contributed by atoms with E-state index in [0.717, 1.165) is 43.1 Å². The number of aryl methyl sites for hydroxylation is 2. The van der Waals surface area contributed by atoms with Crippen molar-refractivity contribution in [2.24, 2.45) is 0 Å². The predicted molar refractivity (Wildman–Crippen MR) is 92.4 cm³/mol. The Morgan fingerprint density at radius 3 is 2.48 bits per heavy atom. The van der Waals surface area contributed by atoms with Gasteiger partial charge in [-0.3, -0.25) is 4.79 Å². The molecule has 4 nitrogen and oxygen atoms in total. The number of nitrogens with one attached hydrogen (secondary N) is 1. The number of hydrogen-bond donors (Lipinski definition) is 1. The van der Waals surface area contributed by atoms with E-state index in [-0.39, 0.29) is 5.69 Å². The van der Waals surface area contributed by atoms with Gasteiger partial charge in [-0.05, 0) is 44.9 Å². The molecular weight excluding hydrogens is 351 g/mol. The summed E-state index contributed by atoms with van der Waals surface area (Å²) < 4.78 is 39.2. The Morgan fingerprint density at radius 2 is 1.92 bits per heavy atom. The average molecular weight is 369 g/mol. The fraction of sp³-hybridized carbons (Fsp3) is 0.412. The lowest BCUT2D eigenvalue weighted by Crippen LogP contribution is -2.22. The first kappa shape index (κ1) is 17.7. The van der Waals surface area contributed by atoms with Gasteiger partial charge < -0.3 is 10.2 Å². The van der Waals surface area contributed by atoms with E-state index < -0.39 is 17.6 Å². The number of carbonyl (C=O) groups is 1. The number of aromatic nitrogens is 1. The van der Waals surface area contributed by atoms with Crippen molar-refractivity contribution in [1.29, 1.82) is 0 Å². The molecule has 1 amide bonds. The van der Waals surface area contributed by atoms with Gasteiger partial charge in [0.25, 0.3) is 5.91 Å². The highest BCUT2D eigenvalue weighted by Gasteiger charge is 2.32. The van der Waals surface area contributed by atoms with Crippen molar-refractivity contribution in [2.75, 3.05) is 23.3 Å². The van der Waals surface area contributed by atoms with Gasteiger partial charge in [0.1, 0.15) is 4.88 Å². The minimum atomic E-state index is -4.46. The zero-order valence-corrected chi connectivity index (χ0v) is 14.7. The summed E-state index contributed by atoms with van der Waals surface area (Å²) in [4.78, 5) is 19.2. The van der Waals surface area contributed by atoms with Crippen molar-refractivity contribution in [3.63, 3.8) is 0 Å². The molecule has 25 heavy (non-hydrogen) atoms. The van der Waals surface area contributed by atoms with Gasteiger partial charge in [-0.2, -0.15) is 13.2 Å². The highest BCUT2D eigenvalue weighted by Crippen LogP contribution is 2.37. The van der Waals surface area contributed by atoms with Crippen molar-refractivity contribution in [2.45, 2.75) is 32.9 Å². The SMILES string of the molecule is Cc1nc(C)c(C(=O)Nc2cc(C(F)(F)F)ccc2N2CCCC2)s1. The highest BCUT2D eigenvalue weighted by atomic mass is 32.1. The Labute approximate surface area is 147 Å². The summed E-state index contributed by atoms with van der Waals surface area (Å²) in [6.07, 6.45) is -2.48. The maximum atomic E-state index is 13.1. The van der Waals surface area contributed by atoms with E-state index in [1.54, 1.807) is 13.8 Å². The molecule has 2 aromatic rings. The molecule has 0 atom stereocenters. The summed E-state index contributed by atoms with van der Waals surface area (Å²) in [5.74, 6) is -0.428. The van der Waals surface area contributed by atoms with E-state index in [1.807, 2.05) is 4.90 Å². The van der Waals surface area contributed by atoms with Gasteiger partial charge in [0.05, 0.1) is 27.6 Å². The zero-order valence-electron chi connectivity index (χ0n) is 13.9. The van der Waals surface area contributed by atoms with Gasteiger partial charge >= 0.3 is 6.18 Å². The molecule has 0 radical (unpaired) electrons. The number of hydrogen-bond acceptors (Lipinski definition) is 4. The smallest absolute Gasteiger partial charge is 0.370 e. The molecule has 1 aliphatic rings. The molecule has 0 spiro atoms. The number of alkyl halides is 3. The topological polar surface area (TPSA) is 45.2 Å². The van der Waals surface area contributed by atoms with Crippen LogP contribution in [0.15, 0.2) is 18.2 Å². The largest absolute Gasteiger partial charge is 0.416 e. The van der Waals surface area contributed by atoms with E-state index >= 15 is 0 Å². The number of rotatable bonds is 3. The highest BCUT2D eigenvalue weighted by molar-refractivity contribution is 7.13. The van der Waals surface area contributed by atoms with Gasteiger partial charge in [0, 0.05) is 13.1 Å². The average Bonchev–Trinajstić information content (AvgIpc) is 3.16. The zero-order chi connectivity index (χ0) is 18.2. The number of carbonyl (C=O) groups excluding carboxylic acids is 1. The van der Waals surface area contributed by atoms with Gasteiger partial charge in [0.15, 0.2) is 0 Å². The van der Waals surface area contributed by atoms with E-state index in [0.29, 0.717) is 16.3 Å². The first-order valence-corrected chi connectivity index (χ1v) is 8.79. The normalized spacial score (nSPS) is 14.8. The number of anilines is 2. The molecule has 0 unspecified atom stereocenters. The van der Waals surface area contributed by atoms with Crippen LogP contribution in [0, 0.1) is 13.8 Å². The lowest BCUT2D eigenvalue weighted by atomic mass is 10.1. The fourth-order valence-corrected chi connectivity index (χ4v) is 3.78. The van der Waals surface area contributed by atoms with Crippen LogP contribution in [0.25, 0.3) is 0 Å². The molecule has 1 aliphatic heterocycles. The molecular formula is C17H18F3N3OS. The van der Waals surface area contributed by atoms with Gasteiger partial charge in [-0.25, -0.2) is 4.98 Å².